The molecule has 0 aliphatic heterocycles. The molecular weight excluding hydrogens is 465 g/mol. The van der Waals surface area contributed by atoms with Crippen molar-refractivity contribution in [1.29, 1.82) is 0 Å². The number of amides is 1. The molecule has 0 aliphatic carbocycles. The molecule has 5 nitrogen and oxygen atoms in total. The summed E-state index contributed by atoms with van der Waals surface area (Å²) < 4.78 is 16.4. The number of rotatable bonds is 6. The van der Waals surface area contributed by atoms with Crippen LogP contribution in [0.3, 0.4) is 0 Å². The van der Waals surface area contributed by atoms with Crippen molar-refractivity contribution in [3.63, 3.8) is 0 Å². The zero-order valence-corrected chi connectivity index (χ0v) is 20.3. The average Bonchev–Trinajstić information content (AvgIpc) is 2.83. The number of nitrogens with two attached hydrogens (primary N) is 1. The van der Waals surface area contributed by atoms with Crippen LogP contribution in [0.2, 0.25) is 0 Å². The number of carbonyl (C=O) groups excluding carboxylic acids is 1. The number of carbonyl (C=O) groups is 1. The van der Waals surface area contributed by atoms with Gasteiger partial charge in [-0.1, -0.05) is 60.7 Å². The Hall–Kier alpha value is -3.74. The minimum atomic E-state index is -0.890. The van der Waals surface area contributed by atoms with E-state index in [1.807, 2.05) is 60.7 Å². The van der Waals surface area contributed by atoms with Gasteiger partial charge in [0.1, 0.15) is 5.82 Å². The minimum Gasteiger partial charge on any atom is -0.325 e. The zero-order valence-electron chi connectivity index (χ0n) is 19.4. The van der Waals surface area contributed by atoms with Crippen molar-refractivity contribution >= 4 is 24.0 Å². The lowest BCUT2D eigenvalue weighted by Gasteiger charge is -2.24. The Labute approximate surface area is 209 Å². The van der Waals surface area contributed by atoms with Crippen LogP contribution in [-0.2, 0) is 11.8 Å². The van der Waals surface area contributed by atoms with Gasteiger partial charge in [0.15, 0.2) is 0 Å². The van der Waals surface area contributed by atoms with Gasteiger partial charge in [-0.05, 0) is 41.8 Å². The van der Waals surface area contributed by atoms with Crippen molar-refractivity contribution in [2.45, 2.75) is 18.9 Å². The van der Waals surface area contributed by atoms with E-state index < -0.39 is 17.8 Å². The third-order valence-electron chi connectivity index (χ3n) is 5.94. The minimum absolute atomic E-state index is 0. The molecule has 0 saturated carbocycles. The predicted molar refractivity (Wildman–Crippen MR) is 140 cm³/mol. The second-order valence-electron chi connectivity index (χ2n) is 8.33. The summed E-state index contributed by atoms with van der Waals surface area (Å²) in [6.07, 6.45) is 1.61. The van der Waals surface area contributed by atoms with Gasteiger partial charge in [0.2, 0.25) is 5.91 Å². The highest BCUT2D eigenvalue weighted by atomic mass is 35.5. The Morgan fingerprint density at radius 2 is 1.49 bits per heavy atom. The van der Waals surface area contributed by atoms with Crippen LogP contribution < -0.4 is 16.6 Å². The molecule has 0 aliphatic rings. The number of aromatic nitrogens is 1. The van der Waals surface area contributed by atoms with Gasteiger partial charge in [0.25, 0.3) is 5.56 Å². The van der Waals surface area contributed by atoms with Crippen molar-refractivity contribution in [3.8, 4) is 11.1 Å². The fourth-order valence-corrected chi connectivity index (χ4v) is 4.12. The van der Waals surface area contributed by atoms with E-state index in [-0.39, 0.29) is 23.9 Å². The molecule has 0 saturated heterocycles. The molecule has 180 valence electrons. The lowest BCUT2D eigenvalue weighted by molar-refractivity contribution is -0.117. The van der Waals surface area contributed by atoms with Crippen LogP contribution in [0.15, 0.2) is 95.9 Å². The molecule has 4 aromatic rings. The van der Waals surface area contributed by atoms with E-state index in [1.54, 1.807) is 32.3 Å². The molecule has 0 bridgehead atoms. The molecule has 0 spiro atoms. The van der Waals surface area contributed by atoms with Crippen LogP contribution >= 0.6 is 12.4 Å². The van der Waals surface area contributed by atoms with Crippen molar-refractivity contribution in [1.82, 2.24) is 4.57 Å². The Morgan fingerprint density at radius 3 is 2.03 bits per heavy atom. The normalized spacial score (nSPS) is 11.6. The molecule has 4 rings (SSSR count). The van der Waals surface area contributed by atoms with E-state index in [2.05, 4.69) is 5.32 Å². The largest absolute Gasteiger partial charge is 0.325 e. The number of anilines is 1. The number of halogens is 2. The second kappa shape index (κ2) is 11.1. The van der Waals surface area contributed by atoms with Gasteiger partial charge in [-0.25, -0.2) is 4.39 Å². The third kappa shape index (κ3) is 5.67. The van der Waals surface area contributed by atoms with E-state index in [9.17, 15) is 9.59 Å². The van der Waals surface area contributed by atoms with Crippen molar-refractivity contribution in [3.05, 3.63) is 124 Å². The maximum absolute atomic E-state index is 15.0. The van der Waals surface area contributed by atoms with Crippen LogP contribution in [0, 0.1) is 12.7 Å². The zero-order chi connectivity index (χ0) is 24.2. The van der Waals surface area contributed by atoms with Gasteiger partial charge in [-0.2, -0.15) is 0 Å². The first kappa shape index (κ1) is 25.9. The summed E-state index contributed by atoms with van der Waals surface area (Å²) in [7, 11) is 1.62. The smallest absolute Gasteiger partial charge is 0.250 e. The van der Waals surface area contributed by atoms with E-state index in [0.717, 1.165) is 11.1 Å². The molecule has 0 radical (unpaired) electrons. The quantitative estimate of drug-likeness (QED) is 0.397. The van der Waals surface area contributed by atoms with Gasteiger partial charge in [0, 0.05) is 42.0 Å². The number of aryl methyl sites for hydroxylation is 2. The maximum Gasteiger partial charge on any atom is 0.250 e. The predicted octanol–water partition coefficient (Wildman–Crippen LogP) is 5.02. The maximum atomic E-state index is 15.0. The molecule has 1 atom stereocenters. The second-order valence-corrected chi connectivity index (χ2v) is 8.33. The lowest BCUT2D eigenvalue weighted by atomic mass is 9.85. The summed E-state index contributed by atoms with van der Waals surface area (Å²) >= 11 is 0. The summed E-state index contributed by atoms with van der Waals surface area (Å²) in [6, 6.07) is 24.3. The van der Waals surface area contributed by atoms with E-state index in [0.29, 0.717) is 22.4 Å². The summed E-state index contributed by atoms with van der Waals surface area (Å²) in [4.78, 5) is 24.9. The van der Waals surface area contributed by atoms with E-state index in [1.165, 1.54) is 16.7 Å². The molecule has 1 unspecified atom stereocenters. The number of hydrogen-bond donors (Lipinski definition) is 2. The summed E-state index contributed by atoms with van der Waals surface area (Å²) in [5.74, 6) is -1.28. The topological polar surface area (TPSA) is 77.1 Å². The number of pyridine rings is 1. The number of nitrogens with one attached hydrogen (secondary N) is 1. The first-order valence-corrected chi connectivity index (χ1v) is 11.0. The first-order chi connectivity index (χ1) is 16.3. The molecule has 3 aromatic carbocycles. The fraction of sp³-hybridized carbons (Fsp3) is 0.143. The standard InChI is InChI=1S/C28H26FN3O2.ClH/c1-18-15-25(33)32(2)17-23(18)22-14-13-21(16-24(22)29)31-28(34)27(30)26(19-9-5-3-6-10-19)20-11-7-4-8-12-20;/h3-17,26-27H,30H2,1-2H3,(H,31,34);1H. The highest BCUT2D eigenvalue weighted by Gasteiger charge is 2.28. The Balaban J connectivity index is 0.00000342. The van der Waals surface area contributed by atoms with Gasteiger partial charge in [-0.3, -0.25) is 9.59 Å². The summed E-state index contributed by atoms with van der Waals surface area (Å²) in [6.45, 7) is 1.76. The summed E-state index contributed by atoms with van der Waals surface area (Å²) in [5, 5.41) is 2.76. The Bertz CT molecular complexity index is 1330. The molecule has 35 heavy (non-hydrogen) atoms. The molecule has 0 fully saturated rings. The number of hydrogen-bond acceptors (Lipinski definition) is 3. The first-order valence-electron chi connectivity index (χ1n) is 11.0. The fourth-order valence-electron chi connectivity index (χ4n) is 4.12. The van der Waals surface area contributed by atoms with Crippen molar-refractivity contribution < 1.29 is 9.18 Å². The Kier molecular flexibility index (Phi) is 8.22. The van der Waals surface area contributed by atoms with Gasteiger partial charge < -0.3 is 15.6 Å². The van der Waals surface area contributed by atoms with Crippen LogP contribution in [0.5, 0.6) is 0 Å². The monoisotopic (exact) mass is 491 g/mol. The molecule has 1 aromatic heterocycles. The molecule has 7 heteroatoms. The van der Waals surface area contributed by atoms with E-state index >= 15 is 4.39 Å². The van der Waals surface area contributed by atoms with Crippen molar-refractivity contribution in [2.24, 2.45) is 12.8 Å². The molecular formula is C28H27ClFN3O2. The molecule has 3 N–H and O–H groups in total. The van der Waals surface area contributed by atoms with Crippen molar-refractivity contribution in [2.75, 3.05) is 5.32 Å². The molecule has 1 heterocycles. The highest BCUT2D eigenvalue weighted by molar-refractivity contribution is 5.96. The molecule has 1 amide bonds. The number of nitrogens with zero attached hydrogens (tertiary/aromatic N) is 1. The average molecular weight is 492 g/mol. The van der Waals surface area contributed by atoms with Gasteiger partial charge in [-0.15, -0.1) is 12.4 Å². The van der Waals surface area contributed by atoms with Gasteiger partial charge in [0.05, 0.1) is 6.04 Å². The highest BCUT2D eigenvalue weighted by Crippen LogP contribution is 2.29. The Morgan fingerprint density at radius 1 is 0.914 bits per heavy atom. The van der Waals surface area contributed by atoms with Crippen LogP contribution in [0.4, 0.5) is 10.1 Å². The van der Waals surface area contributed by atoms with Crippen LogP contribution in [-0.4, -0.2) is 16.5 Å². The van der Waals surface area contributed by atoms with Gasteiger partial charge >= 0.3 is 0 Å². The lowest BCUT2D eigenvalue weighted by Crippen LogP contribution is -2.41. The number of benzene rings is 3. The van der Waals surface area contributed by atoms with Crippen LogP contribution in [0.1, 0.15) is 22.6 Å². The SMILES string of the molecule is Cc1cc(=O)n(C)cc1-c1ccc(NC(=O)C(N)C(c2ccccc2)c2ccccc2)cc1F.Cl. The third-order valence-corrected chi connectivity index (χ3v) is 5.94. The van der Waals surface area contributed by atoms with E-state index in [4.69, 9.17) is 5.73 Å². The summed E-state index contributed by atoms with van der Waals surface area (Å²) in [5.41, 5.74) is 10.1. The van der Waals surface area contributed by atoms with Crippen LogP contribution in [0.25, 0.3) is 11.1 Å².